The zero-order chi connectivity index (χ0) is 30.0. The van der Waals surface area contributed by atoms with Crippen molar-refractivity contribution in [2.75, 3.05) is 39.0 Å². The van der Waals surface area contributed by atoms with Crippen LogP contribution in [0.1, 0.15) is 42.1 Å². The van der Waals surface area contributed by atoms with E-state index in [1.54, 1.807) is 12.1 Å². The average Bonchev–Trinajstić information content (AvgIpc) is 2.91. The molecule has 5 rings (SSSR count). The Morgan fingerprint density at radius 3 is 2.39 bits per heavy atom. The number of fused-ring (bicyclic) bond motifs is 3. The second-order valence-electron chi connectivity index (χ2n) is 12.1. The molecule has 3 fully saturated rings. The van der Waals surface area contributed by atoms with Crippen molar-refractivity contribution in [3.05, 3.63) is 23.3 Å². The Bertz CT molecular complexity index is 1310. The van der Waals surface area contributed by atoms with Crippen molar-refractivity contribution in [1.29, 1.82) is 0 Å². The van der Waals surface area contributed by atoms with Gasteiger partial charge in [0.2, 0.25) is 5.91 Å². The second kappa shape index (κ2) is 10.6. The molecular weight excluding hydrogens is 532 g/mol. The molecule has 12 heteroatoms. The van der Waals surface area contributed by atoms with Gasteiger partial charge in [0, 0.05) is 25.0 Å². The number of ketones is 4. The van der Waals surface area contributed by atoms with Gasteiger partial charge in [-0.15, -0.1) is 0 Å². The maximum atomic E-state index is 13.9. The number of amides is 1. The number of anilines is 1. The van der Waals surface area contributed by atoms with Crippen LogP contribution in [0, 0.1) is 23.7 Å². The van der Waals surface area contributed by atoms with Gasteiger partial charge < -0.3 is 31.3 Å². The molecule has 0 radical (unpaired) electrons. The molecule has 0 bridgehead atoms. The normalized spacial score (nSPS) is 34.3. The van der Waals surface area contributed by atoms with Crippen LogP contribution >= 0.6 is 0 Å². The minimum Gasteiger partial charge on any atom is -0.505 e. The first-order valence-corrected chi connectivity index (χ1v) is 14.2. The first kappa shape index (κ1) is 29.3. The zero-order valence-electron chi connectivity index (χ0n) is 23.5. The Morgan fingerprint density at radius 1 is 1.15 bits per heavy atom. The minimum absolute atomic E-state index is 0.00372. The summed E-state index contributed by atoms with van der Waals surface area (Å²) < 4.78 is 0. The van der Waals surface area contributed by atoms with Gasteiger partial charge in [-0.1, -0.05) is 13.0 Å². The van der Waals surface area contributed by atoms with Crippen LogP contribution in [0.4, 0.5) is 5.69 Å². The number of nitrogens with one attached hydrogen (secondary N) is 1. The van der Waals surface area contributed by atoms with Crippen molar-refractivity contribution < 1.29 is 39.3 Å². The lowest BCUT2D eigenvalue weighted by molar-refractivity contribution is -0.195. The van der Waals surface area contributed by atoms with E-state index in [4.69, 9.17) is 5.73 Å². The molecule has 0 aromatic heterocycles. The molecule has 0 spiro atoms. The lowest BCUT2D eigenvalue weighted by Crippen LogP contribution is -2.77. The summed E-state index contributed by atoms with van der Waals surface area (Å²) in [4.78, 5) is 70.2. The number of piperidine rings is 1. The molecule has 1 amide bonds. The van der Waals surface area contributed by atoms with Gasteiger partial charge in [0.05, 0.1) is 35.2 Å². The number of nitrogens with zero attached hydrogens (tertiary/aromatic N) is 2. The molecule has 1 aromatic rings. The third kappa shape index (κ3) is 4.39. The van der Waals surface area contributed by atoms with Crippen molar-refractivity contribution in [3.63, 3.8) is 0 Å². The van der Waals surface area contributed by atoms with E-state index in [1.807, 2.05) is 0 Å². The molecule has 41 heavy (non-hydrogen) atoms. The van der Waals surface area contributed by atoms with Crippen LogP contribution in [-0.4, -0.2) is 112 Å². The molecule has 7 atom stereocenters. The van der Waals surface area contributed by atoms with E-state index in [2.05, 4.69) is 17.1 Å². The topological polar surface area (TPSA) is 191 Å². The van der Waals surface area contributed by atoms with Gasteiger partial charge in [0.25, 0.3) is 0 Å². The number of hydrogen-bond donors (Lipinski definition) is 5. The van der Waals surface area contributed by atoms with Gasteiger partial charge in [0.15, 0.2) is 34.7 Å². The first-order valence-electron chi connectivity index (χ1n) is 14.2. The highest BCUT2D eigenvalue weighted by Crippen LogP contribution is 2.51. The van der Waals surface area contributed by atoms with E-state index >= 15 is 0 Å². The molecular formula is C29H38N4O8. The lowest BCUT2D eigenvalue weighted by atomic mass is 9.51. The fourth-order valence-electron chi connectivity index (χ4n) is 7.54. The summed E-state index contributed by atoms with van der Waals surface area (Å²) in [6, 6.07) is 2.03. The number of aliphatic hydroxyl groups excluding tert-OH is 1. The molecule has 1 heterocycles. The molecule has 6 N–H and O–H groups in total. The molecule has 4 aliphatic rings. The second-order valence-corrected chi connectivity index (χ2v) is 12.1. The Labute approximate surface area is 237 Å². The number of phenolic OH excluding ortho intramolecular Hbond substituents is 1. The monoisotopic (exact) mass is 570 g/mol. The Morgan fingerprint density at radius 2 is 1.80 bits per heavy atom. The number of carbonyl (C=O) groups excluding carboxylic acids is 5. The fourth-order valence-corrected chi connectivity index (χ4v) is 7.54. The number of aromatic hydroxyl groups is 1. The van der Waals surface area contributed by atoms with Crippen molar-refractivity contribution in [3.8, 4) is 5.75 Å². The number of likely N-dealkylation sites (N-methyl/N-ethyl adjacent to an activating group) is 1. The molecule has 12 nitrogen and oxygen atoms in total. The number of benzene rings is 1. The average molecular weight is 571 g/mol. The SMILES string of the molecule is CCCN1CCC(Nc2ccc3c(c2O)C(=O)C2C(=O)[C@]4(O)C(=O)C(C(N)=O)C(=O)[C@@H](N(C)C)[C@@H]4[C@@H](O)[C@@H]2C3)CC1. The van der Waals surface area contributed by atoms with Crippen molar-refractivity contribution in [1.82, 2.24) is 9.80 Å². The largest absolute Gasteiger partial charge is 0.505 e. The van der Waals surface area contributed by atoms with E-state index in [0.717, 1.165) is 38.9 Å². The van der Waals surface area contributed by atoms with Gasteiger partial charge in [-0.25, -0.2) is 0 Å². The number of carbonyl (C=O) groups is 5. The molecule has 1 saturated heterocycles. The predicted molar refractivity (Wildman–Crippen MR) is 146 cm³/mol. The summed E-state index contributed by atoms with van der Waals surface area (Å²) >= 11 is 0. The van der Waals surface area contributed by atoms with E-state index in [-0.39, 0.29) is 23.8 Å². The van der Waals surface area contributed by atoms with Gasteiger partial charge in [-0.05, 0) is 58.0 Å². The number of rotatable bonds is 6. The highest BCUT2D eigenvalue weighted by Gasteiger charge is 2.72. The Kier molecular flexibility index (Phi) is 7.56. The number of Topliss-reactive ketones (excluding diaryl/α,β-unsaturated/α-hetero) is 4. The van der Waals surface area contributed by atoms with Crippen LogP contribution in [0.3, 0.4) is 0 Å². The van der Waals surface area contributed by atoms with Crippen molar-refractivity contribution in [2.24, 2.45) is 29.4 Å². The van der Waals surface area contributed by atoms with Gasteiger partial charge in [0.1, 0.15) is 5.75 Å². The third-order valence-electron chi connectivity index (χ3n) is 9.51. The number of primary amides is 1. The van der Waals surface area contributed by atoms with Crippen molar-refractivity contribution >= 4 is 34.7 Å². The van der Waals surface area contributed by atoms with Gasteiger partial charge in [-0.2, -0.15) is 0 Å². The predicted octanol–water partition coefficient (Wildman–Crippen LogP) is -0.876. The van der Waals surface area contributed by atoms with Crippen LogP contribution in [0.25, 0.3) is 0 Å². The summed E-state index contributed by atoms with van der Waals surface area (Å²) in [6.07, 6.45) is 1.14. The summed E-state index contributed by atoms with van der Waals surface area (Å²) in [7, 11) is 2.92. The lowest BCUT2D eigenvalue weighted by Gasteiger charge is -2.54. The summed E-state index contributed by atoms with van der Waals surface area (Å²) in [5.41, 5.74) is 3.00. The zero-order valence-corrected chi connectivity index (χ0v) is 23.5. The number of nitrogens with two attached hydrogens (primary N) is 1. The van der Waals surface area contributed by atoms with Gasteiger partial charge >= 0.3 is 0 Å². The highest BCUT2D eigenvalue weighted by atomic mass is 16.3. The van der Waals surface area contributed by atoms with Gasteiger partial charge in [-0.3, -0.25) is 28.9 Å². The number of phenols is 1. The number of aliphatic hydroxyl groups is 2. The third-order valence-corrected chi connectivity index (χ3v) is 9.51. The quantitative estimate of drug-likeness (QED) is 0.211. The molecule has 2 unspecified atom stereocenters. The van der Waals surface area contributed by atoms with Crippen LogP contribution in [0.2, 0.25) is 0 Å². The summed E-state index contributed by atoms with van der Waals surface area (Å²) in [5.74, 6) is -12.4. The summed E-state index contributed by atoms with van der Waals surface area (Å²) in [5, 5.41) is 37.7. The molecule has 2 saturated carbocycles. The summed E-state index contributed by atoms with van der Waals surface area (Å²) in [6.45, 7) is 4.96. The van der Waals surface area contributed by atoms with Crippen LogP contribution in [0.15, 0.2) is 12.1 Å². The number of hydrogen-bond acceptors (Lipinski definition) is 11. The Hall–Kier alpha value is -3.19. The van der Waals surface area contributed by atoms with Crippen LogP contribution < -0.4 is 11.1 Å². The molecule has 222 valence electrons. The minimum atomic E-state index is -2.99. The maximum absolute atomic E-state index is 13.9. The maximum Gasteiger partial charge on any atom is 0.235 e. The first-order chi connectivity index (χ1) is 19.3. The fraction of sp³-hybridized carbons (Fsp3) is 0.621. The molecule has 3 aliphatic carbocycles. The standard InChI is InChI=1S/C29H38N4O8/c1-4-9-33-10-7-14(8-11-33)31-16-6-5-13-12-15-18(24(36)17(13)23(16)35)26(38)29(41)20(22(15)34)21(32(2)3)25(37)19(27(29)39)28(30)40/h5-6,14-15,18-22,31,34-35,41H,4,7-12H2,1-3H3,(H2,30,40)/t15-,18?,19?,20-,21+,22+,29+/m1/s1. The van der Waals surface area contributed by atoms with E-state index in [9.17, 15) is 39.3 Å². The van der Waals surface area contributed by atoms with E-state index in [0.29, 0.717) is 11.3 Å². The highest BCUT2D eigenvalue weighted by molar-refractivity contribution is 6.32. The molecule has 1 aromatic carbocycles. The molecule has 1 aliphatic heterocycles. The number of likely N-dealkylation sites (tertiary alicyclic amines) is 1. The Balaban J connectivity index is 1.50. The van der Waals surface area contributed by atoms with E-state index in [1.165, 1.54) is 19.0 Å². The van der Waals surface area contributed by atoms with Crippen molar-refractivity contribution in [2.45, 2.75) is 56.4 Å². The van der Waals surface area contributed by atoms with Crippen LogP contribution in [-0.2, 0) is 25.6 Å². The smallest absolute Gasteiger partial charge is 0.235 e. The van der Waals surface area contributed by atoms with E-state index < -0.39 is 70.5 Å². The van der Waals surface area contributed by atoms with Crippen LogP contribution in [0.5, 0.6) is 5.75 Å².